The molecule has 0 aromatic heterocycles. The smallest absolute Gasteiger partial charge is 0.242 e. The summed E-state index contributed by atoms with van der Waals surface area (Å²) >= 11 is 1.43. The molecule has 0 heterocycles. The third-order valence-electron chi connectivity index (χ3n) is 3.29. The van der Waals surface area contributed by atoms with E-state index >= 15 is 0 Å². The minimum absolute atomic E-state index is 0.150. The molecule has 2 aromatic carbocycles. The zero-order chi connectivity index (χ0) is 17.7. The van der Waals surface area contributed by atoms with Gasteiger partial charge in [0.05, 0.1) is 10.6 Å². The van der Waals surface area contributed by atoms with Gasteiger partial charge in [-0.3, -0.25) is 4.79 Å². The number of thioether (sulfide) groups is 1. The minimum Gasteiger partial charge on any atom is -0.325 e. The maximum atomic E-state index is 12.1. The highest BCUT2D eigenvalue weighted by Crippen LogP contribution is 2.20. The van der Waals surface area contributed by atoms with Crippen LogP contribution in [0, 0.1) is 6.92 Å². The summed E-state index contributed by atoms with van der Waals surface area (Å²) in [5.74, 6) is 0.0771. The molecule has 1 N–H and O–H groups in total. The Kier molecular flexibility index (Phi) is 6.04. The van der Waals surface area contributed by atoms with E-state index in [2.05, 4.69) is 5.32 Å². The van der Waals surface area contributed by atoms with Crippen molar-refractivity contribution in [3.05, 3.63) is 54.1 Å². The molecule has 0 bridgehead atoms. The molecule has 0 saturated heterocycles. The van der Waals surface area contributed by atoms with Crippen LogP contribution in [0.15, 0.2) is 58.3 Å². The topological polar surface area (TPSA) is 66.5 Å². The van der Waals surface area contributed by atoms with Crippen molar-refractivity contribution in [2.24, 2.45) is 0 Å². The van der Waals surface area contributed by atoms with E-state index in [1.54, 1.807) is 12.1 Å². The number of hydrogen-bond acceptors (Lipinski definition) is 4. The number of rotatable bonds is 6. The Balaban J connectivity index is 2.00. The molecule has 0 fully saturated rings. The molecule has 0 aliphatic heterocycles. The Morgan fingerprint density at radius 3 is 2.42 bits per heavy atom. The Morgan fingerprint density at radius 2 is 1.79 bits per heavy atom. The molecular weight excluding hydrogens is 344 g/mol. The summed E-state index contributed by atoms with van der Waals surface area (Å²) in [4.78, 5) is 13.2. The van der Waals surface area contributed by atoms with Gasteiger partial charge in [-0.15, -0.1) is 11.8 Å². The lowest BCUT2D eigenvalue weighted by molar-refractivity contribution is -0.113. The van der Waals surface area contributed by atoms with Gasteiger partial charge in [0, 0.05) is 24.7 Å². The van der Waals surface area contributed by atoms with E-state index in [0.29, 0.717) is 5.69 Å². The van der Waals surface area contributed by atoms with Crippen molar-refractivity contribution >= 4 is 33.4 Å². The average Bonchev–Trinajstić information content (AvgIpc) is 2.54. The first-order valence-electron chi connectivity index (χ1n) is 7.31. The first-order valence-corrected chi connectivity index (χ1v) is 9.73. The lowest BCUT2D eigenvalue weighted by Gasteiger charge is -2.12. The Hall–Kier alpha value is -1.83. The SMILES string of the molecule is Cc1ccc(SCC(=O)Nc2cccc(S(=O)(=O)N(C)C)c2)cc1. The highest BCUT2D eigenvalue weighted by Gasteiger charge is 2.17. The molecular formula is C17H20N2O3S2. The molecule has 7 heteroatoms. The van der Waals surface area contributed by atoms with Crippen molar-refractivity contribution in [3.8, 4) is 0 Å². The van der Waals surface area contributed by atoms with Crippen LogP contribution in [0.25, 0.3) is 0 Å². The highest BCUT2D eigenvalue weighted by atomic mass is 32.2. The molecule has 2 aromatic rings. The van der Waals surface area contributed by atoms with Crippen LogP contribution in [0.1, 0.15) is 5.56 Å². The monoisotopic (exact) mass is 364 g/mol. The van der Waals surface area contributed by atoms with Crippen LogP contribution in [0.4, 0.5) is 5.69 Å². The Bertz CT molecular complexity index is 816. The number of nitrogens with one attached hydrogen (secondary N) is 1. The molecule has 128 valence electrons. The minimum atomic E-state index is -3.52. The van der Waals surface area contributed by atoms with Crippen LogP contribution in [0.5, 0.6) is 0 Å². The maximum absolute atomic E-state index is 12.1. The Morgan fingerprint density at radius 1 is 1.12 bits per heavy atom. The highest BCUT2D eigenvalue weighted by molar-refractivity contribution is 8.00. The van der Waals surface area contributed by atoms with E-state index in [0.717, 1.165) is 9.20 Å². The average molecular weight is 364 g/mol. The van der Waals surface area contributed by atoms with Gasteiger partial charge in [-0.2, -0.15) is 0 Å². The second kappa shape index (κ2) is 7.83. The van der Waals surface area contributed by atoms with Crippen molar-refractivity contribution in [1.82, 2.24) is 4.31 Å². The van der Waals surface area contributed by atoms with Gasteiger partial charge in [0.2, 0.25) is 15.9 Å². The number of amides is 1. The van der Waals surface area contributed by atoms with Crippen molar-refractivity contribution < 1.29 is 13.2 Å². The third kappa shape index (κ3) is 4.83. The number of nitrogens with zero attached hydrogens (tertiary/aromatic N) is 1. The van der Waals surface area contributed by atoms with Gasteiger partial charge >= 0.3 is 0 Å². The maximum Gasteiger partial charge on any atom is 0.242 e. The zero-order valence-electron chi connectivity index (χ0n) is 13.8. The molecule has 0 unspecified atom stereocenters. The van der Waals surface area contributed by atoms with Crippen LogP contribution in [-0.2, 0) is 14.8 Å². The second-order valence-electron chi connectivity index (χ2n) is 5.47. The van der Waals surface area contributed by atoms with Gasteiger partial charge in [0.25, 0.3) is 0 Å². The van der Waals surface area contributed by atoms with Crippen molar-refractivity contribution in [2.75, 3.05) is 25.2 Å². The number of benzene rings is 2. The summed E-state index contributed by atoms with van der Waals surface area (Å²) in [7, 11) is -0.576. The van der Waals surface area contributed by atoms with Gasteiger partial charge in [0.1, 0.15) is 0 Å². The van der Waals surface area contributed by atoms with E-state index in [-0.39, 0.29) is 16.6 Å². The summed E-state index contributed by atoms with van der Waals surface area (Å²) in [5.41, 5.74) is 1.63. The predicted octanol–water partition coefficient (Wildman–Crippen LogP) is 2.98. The molecule has 0 aliphatic rings. The zero-order valence-corrected chi connectivity index (χ0v) is 15.4. The van der Waals surface area contributed by atoms with Gasteiger partial charge < -0.3 is 5.32 Å². The Labute approximate surface area is 147 Å². The summed E-state index contributed by atoms with van der Waals surface area (Å²) in [6, 6.07) is 14.2. The predicted molar refractivity (Wildman–Crippen MR) is 97.8 cm³/mol. The van der Waals surface area contributed by atoms with Crippen molar-refractivity contribution in [3.63, 3.8) is 0 Å². The van der Waals surface area contributed by atoms with Gasteiger partial charge in [-0.25, -0.2) is 12.7 Å². The van der Waals surface area contributed by atoms with Gasteiger partial charge in [0.15, 0.2) is 0 Å². The van der Waals surface area contributed by atoms with Crippen LogP contribution in [0.3, 0.4) is 0 Å². The first kappa shape index (κ1) is 18.5. The van der Waals surface area contributed by atoms with Crippen molar-refractivity contribution in [1.29, 1.82) is 0 Å². The molecule has 0 saturated carbocycles. The van der Waals surface area contributed by atoms with E-state index in [4.69, 9.17) is 0 Å². The van der Waals surface area contributed by atoms with Crippen LogP contribution < -0.4 is 5.32 Å². The van der Waals surface area contributed by atoms with Crippen molar-refractivity contribution in [2.45, 2.75) is 16.7 Å². The number of hydrogen-bond donors (Lipinski definition) is 1. The fraction of sp³-hybridized carbons (Fsp3) is 0.235. The van der Waals surface area contributed by atoms with E-state index in [1.165, 1.54) is 43.6 Å². The normalized spacial score (nSPS) is 11.5. The van der Waals surface area contributed by atoms with Crippen LogP contribution >= 0.6 is 11.8 Å². The molecule has 0 radical (unpaired) electrons. The number of carbonyl (C=O) groups is 1. The molecule has 0 aliphatic carbocycles. The standard InChI is InChI=1S/C17H20N2O3S2/c1-13-7-9-15(10-8-13)23-12-17(20)18-14-5-4-6-16(11-14)24(21,22)19(2)3/h4-11H,12H2,1-3H3,(H,18,20). The first-order chi connectivity index (χ1) is 11.3. The number of aryl methyl sites for hydroxylation is 1. The summed E-state index contributed by atoms with van der Waals surface area (Å²) in [6.45, 7) is 2.01. The number of sulfonamides is 1. The van der Waals surface area contributed by atoms with Gasteiger partial charge in [-0.05, 0) is 37.3 Å². The quantitative estimate of drug-likeness (QED) is 0.800. The largest absolute Gasteiger partial charge is 0.325 e. The molecule has 0 spiro atoms. The fourth-order valence-electron chi connectivity index (χ4n) is 1.93. The lowest BCUT2D eigenvalue weighted by atomic mass is 10.2. The molecule has 5 nitrogen and oxygen atoms in total. The van der Waals surface area contributed by atoms with Gasteiger partial charge in [-0.1, -0.05) is 23.8 Å². The molecule has 0 atom stereocenters. The molecule has 1 amide bonds. The second-order valence-corrected chi connectivity index (χ2v) is 8.67. The lowest BCUT2D eigenvalue weighted by Crippen LogP contribution is -2.22. The molecule has 2 rings (SSSR count). The summed E-state index contributed by atoms with van der Waals surface area (Å²) in [6.07, 6.45) is 0. The van der Waals surface area contributed by atoms with Crippen LogP contribution in [0.2, 0.25) is 0 Å². The van der Waals surface area contributed by atoms with Crippen LogP contribution in [-0.4, -0.2) is 38.5 Å². The third-order valence-corrected chi connectivity index (χ3v) is 6.11. The summed E-state index contributed by atoms with van der Waals surface area (Å²) < 4.78 is 25.4. The van der Waals surface area contributed by atoms with E-state index < -0.39 is 10.0 Å². The molecule has 24 heavy (non-hydrogen) atoms. The van der Waals surface area contributed by atoms with E-state index in [9.17, 15) is 13.2 Å². The van der Waals surface area contributed by atoms with E-state index in [1.807, 2.05) is 31.2 Å². The number of anilines is 1. The summed E-state index contributed by atoms with van der Waals surface area (Å²) in [5, 5.41) is 2.73. The number of carbonyl (C=O) groups excluding carboxylic acids is 1. The fourth-order valence-corrected chi connectivity index (χ4v) is 3.57.